The molecule has 10 heteroatoms. The van der Waals surface area contributed by atoms with Crippen molar-refractivity contribution in [3.05, 3.63) is 63.3 Å². The maximum Gasteiger partial charge on any atom is 0.335 e. The molecule has 2 aromatic carbocycles. The molecule has 1 saturated heterocycles. The maximum absolute atomic E-state index is 11.3. The Kier molecular flexibility index (Phi) is 5.87. The van der Waals surface area contributed by atoms with Crippen LogP contribution in [0.5, 0.6) is 0 Å². The van der Waals surface area contributed by atoms with Crippen LogP contribution in [0.25, 0.3) is 22.4 Å². The number of aromatic nitrogens is 2. The fraction of sp³-hybridized carbons (Fsp3) is 0.393. The zero-order chi connectivity index (χ0) is 26.0. The van der Waals surface area contributed by atoms with Crippen LogP contribution in [0.15, 0.2) is 45.3 Å². The van der Waals surface area contributed by atoms with E-state index in [0.717, 1.165) is 50.1 Å². The molecule has 3 atom stereocenters. The number of rotatable bonds is 7. The van der Waals surface area contributed by atoms with E-state index in [4.69, 9.17) is 36.9 Å². The number of oxazole rings is 1. The zero-order valence-corrected chi connectivity index (χ0v) is 21.9. The predicted octanol–water partition coefficient (Wildman–Crippen LogP) is 6.80. The van der Waals surface area contributed by atoms with E-state index in [1.165, 1.54) is 6.07 Å². The van der Waals surface area contributed by atoms with Crippen LogP contribution in [0.1, 0.15) is 53.3 Å². The van der Waals surface area contributed by atoms with Gasteiger partial charge in [-0.1, -0.05) is 34.4 Å². The van der Waals surface area contributed by atoms with Gasteiger partial charge in [-0.15, -0.1) is 0 Å². The van der Waals surface area contributed by atoms with Crippen molar-refractivity contribution in [1.82, 2.24) is 10.1 Å². The number of aromatic carboxylic acids is 1. The van der Waals surface area contributed by atoms with E-state index >= 15 is 0 Å². The Morgan fingerprint density at radius 3 is 2.53 bits per heavy atom. The lowest BCUT2D eigenvalue weighted by atomic mass is 10.0. The molecule has 1 N–H and O–H groups in total. The second kappa shape index (κ2) is 9.29. The first-order valence-corrected chi connectivity index (χ1v) is 13.6. The van der Waals surface area contributed by atoms with Gasteiger partial charge in [0.25, 0.3) is 6.01 Å². The van der Waals surface area contributed by atoms with Crippen molar-refractivity contribution in [3.63, 3.8) is 0 Å². The summed E-state index contributed by atoms with van der Waals surface area (Å²) in [6, 6.07) is 10.8. The molecule has 3 heterocycles. The summed E-state index contributed by atoms with van der Waals surface area (Å²) in [7, 11) is 0. The largest absolute Gasteiger partial charge is 0.478 e. The maximum atomic E-state index is 11.3. The average Bonchev–Trinajstić information content (AvgIpc) is 3.19. The minimum Gasteiger partial charge on any atom is -0.478 e. The predicted molar refractivity (Wildman–Crippen MR) is 142 cm³/mol. The second-order valence-corrected chi connectivity index (χ2v) is 11.4. The molecule has 4 aromatic rings. The number of nitrogens with zero attached hydrogens (tertiary/aromatic N) is 3. The second-order valence-electron chi connectivity index (χ2n) is 10.6. The lowest BCUT2D eigenvalue weighted by Crippen LogP contribution is -2.23. The van der Waals surface area contributed by atoms with Crippen LogP contribution in [0.2, 0.25) is 10.0 Å². The number of carboxylic acids is 1. The fourth-order valence-electron chi connectivity index (χ4n) is 5.97. The molecule has 38 heavy (non-hydrogen) atoms. The van der Waals surface area contributed by atoms with Crippen molar-refractivity contribution in [2.45, 2.75) is 44.3 Å². The van der Waals surface area contributed by atoms with Crippen LogP contribution in [-0.4, -0.2) is 40.4 Å². The zero-order valence-electron chi connectivity index (χ0n) is 20.4. The number of hydrogen-bond donors (Lipinski definition) is 1. The fourth-order valence-corrected chi connectivity index (χ4v) is 6.54. The SMILES string of the molecule is O=C(O)c1ccc2nc(N3CC4C[C@H](OCc5c(-c6c(Cl)cccc6Cl)noc5C5CC5)C[C@H]4C3)oc2c1. The molecule has 1 unspecified atom stereocenters. The minimum atomic E-state index is -0.982. The van der Waals surface area contributed by atoms with Gasteiger partial charge in [-0.05, 0) is 67.9 Å². The van der Waals surface area contributed by atoms with Gasteiger partial charge < -0.3 is 23.7 Å². The van der Waals surface area contributed by atoms with Gasteiger partial charge in [0, 0.05) is 30.1 Å². The summed E-state index contributed by atoms with van der Waals surface area (Å²) in [5.41, 5.74) is 3.67. The van der Waals surface area contributed by atoms with Crippen LogP contribution in [-0.2, 0) is 11.3 Å². The molecule has 0 amide bonds. The summed E-state index contributed by atoms with van der Waals surface area (Å²) in [5, 5.41) is 14.7. The highest BCUT2D eigenvalue weighted by molar-refractivity contribution is 6.39. The first-order chi connectivity index (χ1) is 18.4. The van der Waals surface area contributed by atoms with Gasteiger partial charge in [0.2, 0.25) is 0 Å². The summed E-state index contributed by atoms with van der Waals surface area (Å²) >= 11 is 13.0. The molecule has 196 valence electrons. The first-order valence-electron chi connectivity index (χ1n) is 12.9. The van der Waals surface area contributed by atoms with E-state index in [9.17, 15) is 9.90 Å². The van der Waals surface area contributed by atoms with Gasteiger partial charge in [0.15, 0.2) is 5.58 Å². The summed E-state index contributed by atoms with van der Waals surface area (Å²) in [6.07, 6.45) is 4.24. The summed E-state index contributed by atoms with van der Waals surface area (Å²) < 4.78 is 18.2. The molecular weight excluding hydrogens is 529 g/mol. The molecule has 0 spiro atoms. The van der Waals surface area contributed by atoms with Crippen molar-refractivity contribution in [3.8, 4) is 11.3 Å². The minimum absolute atomic E-state index is 0.144. The van der Waals surface area contributed by atoms with Gasteiger partial charge in [0.05, 0.1) is 28.3 Å². The lowest BCUT2D eigenvalue weighted by molar-refractivity contribution is 0.0402. The molecule has 2 aliphatic carbocycles. The van der Waals surface area contributed by atoms with Crippen molar-refractivity contribution in [2.24, 2.45) is 11.8 Å². The third-order valence-electron chi connectivity index (χ3n) is 8.03. The van der Waals surface area contributed by atoms with Crippen LogP contribution in [0.4, 0.5) is 6.01 Å². The Morgan fingerprint density at radius 2 is 1.84 bits per heavy atom. The highest BCUT2D eigenvalue weighted by atomic mass is 35.5. The van der Waals surface area contributed by atoms with Gasteiger partial charge in [-0.25, -0.2) is 4.79 Å². The summed E-state index contributed by atoms with van der Waals surface area (Å²) in [4.78, 5) is 18.0. The highest BCUT2D eigenvalue weighted by Gasteiger charge is 2.43. The number of halogens is 2. The normalized spacial score (nSPS) is 22.9. The van der Waals surface area contributed by atoms with Crippen molar-refractivity contribution in [2.75, 3.05) is 18.0 Å². The highest BCUT2D eigenvalue weighted by Crippen LogP contribution is 2.47. The van der Waals surface area contributed by atoms with Crippen molar-refractivity contribution < 1.29 is 23.6 Å². The Hall–Kier alpha value is -3.07. The van der Waals surface area contributed by atoms with E-state index < -0.39 is 5.97 Å². The Morgan fingerprint density at radius 1 is 1.11 bits per heavy atom. The van der Waals surface area contributed by atoms with E-state index in [2.05, 4.69) is 15.0 Å². The van der Waals surface area contributed by atoms with Crippen LogP contribution < -0.4 is 4.90 Å². The number of fused-ring (bicyclic) bond motifs is 2. The number of benzene rings is 2. The van der Waals surface area contributed by atoms with E-state index in [1.54, 1.807) is 12.1 Å². The molecule has 7 rings (SSSR count). The molecule has 2 saturated carbocycles. The smallest absolute Gasteiger partial charge is 0.335 e. The quantitative estimate of drug-likeness (QED) is 0.266. The molecular formula is C28H25Cl2N3O5. The number of carboxylic acid groups (broad SMARTS) is 1. The monoisotopic (exact) mass is 553 g/mol. The number of ether oxygens (including phenoxy) is 1. The Bertz CT molecular complexity index is 1510. The van der Waals surface area contributed by atoms with Crippen molar-refractivity contribution in [1.29, 1.82) is 0 Å². The molecule has 2 aromatic heterocycles. The summed E-state index contributed by atoms with van der Waals surface area (Å²) in [5.74, 6) is 1.25. The van der Waals surface area contributed by atoms with E-state index in [0.29, 0.717) is 62.8 Å². The number of hydrogen-bond acceptors (Lipinski definition) is 7. The van der Waals surface area contributed by atoms with E-state index in [1.807, 2.05) is 18.2 Å². The topological polar surface area (TPSA) is 102 Å². The molecule has 1 aliphatic heterocycles. The molecule has 3 aliphatic rings. The van der Waals surface area contributed by atoms with Crippen LogP contribution in [0, 0.1) is 11.8 Å². The first kappa shape index (κ1) is 24.0. The lowest BCUT2D eigenvalue weighted by Gasteiger charge is -2.18. The van der Waals surface area contributed by atoms with Gasteiger partial charge in [-0.3, -0.25) is 0 Å². The molecule has 8 nitrogen and oxygen atoms in total. The van der Waals surface area contributed by atoms with Crippen LogP contribution >= 0.6 is 23.2 Å². The Labute approximate surface area is 228 Å². The average molecular weight is 554 g/mol. The summed E-state index contributed by atoms with van der Waals surface area (Å²) in [6.45, 7) is 2.09. The third kappa shape index (κ3) is 4.25. The van der Waals surface area contributed by atoms with E-state index in [-0.39, 0.29) is 11.7 Å². The van der Waals surface area contributed by atoms with Gasteiger partial charge in [-0.2, -0.15) is 4.98 Å². The standard InChI is InChI=1S/C28H25Cl2N3O5/c29-20-2-1-3-21(30)24(20)25-19(26(38-32-25)14-4-5-14)13-36-18-8-16-11-33(12-17(16)9-18)28-31-22-7-6-15(27(34)35)10-23(22)37-28/h1-3,6-7,10,14,16-18H,4-5,8-9,11-13H2,(H,34,35)/t16-,17?,18+/m0/s1. The van der Waals surface area contributed by atoms with Gasteiger partial charge in [0.1, 0.15) is 17.0 Å². The molecule has 0 bridgehead atoms. The third-order valence-corrected chi connectivity index (χ3v) is 8.66. The van der Waals surface area contributed by atoms with Crippen molar-refractivity contribution >= 4 is 46.3 Å². The Balaban J connectivity index is 1.03. The molecule has 3 fully saturated rings. The molecule has 0 radical (unpaired) electrons. The number of carbonyl (C=O) groups is 1. The van der Waals surface area contributed by atoms with Gasteiger partial charge >= 0.3 is 5.97 Å². The van der Waals surface area contributed by atoms with Crippen LogP contribution in [0.3, 0.4) is 0 Å². The number of anilines is 1.